The lowest BCUT2D eigenvalue weighted by atomic mass is 9.85. The summed E-state index contributed by atoms with van der Waals surface area (Å²) in [6, 6.07) is -0.260. The Kier molecular flexibility index (Phi) is 4.89. The molecule has 1 fully saturated rings. The Balaban J connectivity index is 2.37. The molecule has 1 aliphatic heterocycles. The van der Waals surface area contributed by atoms with Crippen LogP contribution in [0, 0.1) is 5.41 Å². The van der Waals surface area contributed by atoms with Crippen LogP contribution in [0.5, 0.6) is 0 Å². The monoisotopic (exact) mass is 248 g/mol. The quantitative estimate of drug-likeness (QED) is 0.670. The van der Waals surface area contributed by atoms with Crippen LogP contribution in [-0.4, -0.2) is 47.4 Å². The average Bonchev–Trinajstić information content (AvgIpc) is 2.60. The fourth-order valence-corrected chi connectivity index (χ4v) is 2.17. The van der Waals surface area contributed by atoms with Gasteiger partial charge < -0.3 is 15.8 Å². The van der Waals surface area contributed by atoms with Gasteiger partial charge in [0.1, 0.15) is 0 Å². The van der Waals surface area contributed by atoms with Crippen molar-refractivity contribution in [3.05, 3.63) is 0 Å². The summed E-state index contributed by atoms with van der Waals surface area (Å²) in [4.78, 5) is 11.9. The summed E-state index contributed by atoms with van der Waals surface area (Å²) in [5, 5.41) is 2.77. The van der Waals surface area contributed by atoms with E-state index in [4.69, 9.17) is 10.5 Å². The van der Waals surface area contributed by atoms with Crippen LogP contribution in [0.2, 0.25) is 0 Å². The minimum absolute atomic E-state index is 0.106. The number of carbonyl (C=O) groups excluding carboxylic acids is 1. The highest BCUT2D eigenvalue weighted by atomic mass is 32.2. The van der Waals surface area contributed by atoms with Gasteiger partial charge in [-0.25, -0.2) is 0 Å². The Bertz CT molecular complexity index is 285. The van der Waals surface area contributed by atoms with Crippen LogP contribution >= 0.6 is 0 Å². The maximum absolute atomic E-state index is 11.9. The summed E-state index contributed by atoms with van der Waals surface area (Å²) in [7, 11) is -0.844. The lowest BCUT2D eigenvalue weighted by molar-refractivity contribution is -0.130. The summed E-state index contributed by atoms with van der Waals surface area (Å²) in [6.07, 6.45) is 0. The lowest BCUT2D eigenvalue weighted by Crippen LogP contribution is -2.50. The molecule has 1 heterocycles. The number of nitrogens with two attached hydrogens (primary N) is 1. The first-order chi connectivity index (χ1) is 7.50. The Hall–Kier alpha value is -0.460. The standard InChI is InChI=1S/C10H20N2O3S/c1-3-16(14)5-4-12-9(13)10(2)7-15-6-8(10)11/h8H,3-7,11H2,1-2H3,(H,12,13). The molecule has 94 valence electrons. The Morgan fingerprint density at radius 2 is 2.38 bits per heavy atom. The van der Waals surface area contributed by atoms with Crippen LogP contribution in [0.3, 0.4) is 0 Å². The van der Waals surface area contributed by atoms with E-state index in [0.717, 1.165) is 0 Å². The largest absolute Gasteiger partial charge is 0.379 e. The summed E-state index contributed by atoms with van der Waals surface area (Å²) >= 11 is 0. The number of amides is 1. The molecule has 5 nitrogen and oxygen atoms in total. The summed E-state index contributed by atoms with van der Waals surface area (Å²) < 4.78 is 16.4. The fourth-order valence-electron chi connectivity index (χ4n) is 1.55. The molecule has 6 heteroatoms. The van der Waals surface area contributed by atoms with Crippen LogP contribution in [0.1, 0.15) is 13.8 Å². The van der Waals surface area contributed by atoms with Crippen LogP contribution in [0.25, 0.3) is 0 Å². The van der Waals surface area contributed by atoms with Gasteiger partial charge in [0.15, 0.2) is 0 Å². The molecule has 3 unspecified atom stereocenters. The summed E-state index contributed by atoms with van der Waals surface area (Å²) in [5.41, 5.74) is 5.18. The van der Waals surface area contributed by atoms with Gasteiger partial charge in [0.2, 0.25) is 5.91 Å². The Morgan fingerprint density at radius 1 is 1.69 bits per heavy atom. The molecule has 0 saturated carbocycles. The molecular weight excluding hydrogens is 228 g/mol. The second kappa shape index (κ2) is 5.75. The molecule has 0 spiro atoms. The Labute approximate surface area is 98.6 Å². The first-order valence-corrected chi connectivity index (χ1v) is 6.96. The fraction of sp³-hybridized carbons (Fsp3) is 0.900. The van der Waals surface area contributed by atoms with Crippen molar-refractivity contribution < 1.29 is 13.7 Å². The molecule has 16 heavy (non-hydrogen) atoms. The van der Waals surface area contributed by atoms with Gasteiger partial charge in [-0.2, -0.15) is 0 Å². The molecule has 0 bridgehead atoms. The van der Waals surface area contributed by atoms with Crippen molar-refractivity contribution in [2.24, 2.45) is 11.1 Å². The van der Waals surface area contributed by atoms with Gasteiger partial charge in [-0.15, -0.1) is 0 Å². The first kappa shape index (κ1) is 13.6. The van der Waals surface area contributed by atoms with Crippen LogP contribution in [0.4, 0.5) is 0 Å². The molecule has 0 aromatic heterocycles. The van der Waals surface area contributed by atoms with E-state index < -0.39 is 16.2 Å². The highest BCUT2D eigenvalue weighted by Crippen LogP contribution is 2.26. The van der Waals surface area contributed by atoms with E-state index in [1.165, 1.54) is 0 Å². The normalized spacial score (nSPS) is 31.3. The van der Waals surface area contributed by atoms with Crippen molar-refractivity contribution in [1.82, 2.24) is 5.32 Å². The summed E-state index contributed by atoms with van der Waals surface area (Å²) in [6.45, 7) is 4.88. The number of hydrogen-bond acceptors (Lipinski definition) is 4. The topological polar surface area (TPSA) is 81.4 Å². The van der Waals surface area contributed by atoms with Crippen molar-refractivity contribution in [3.8, 4) is 0 Å². The molecule has 3 atom stereocenters. The SMILES string of the molecule is CCS(=O)CCNC(=O)C1(C)COCC1N. The highest BCUT2D eigenvalue weighted by molar-refractivity contribution is 7.84. The third kappa shape index (κ3) is 3.02. The van der Waals surface area contributed by atoms with Crippen LogP contribution in [0.15, 0.2) is 0 Å². The minimum Gasteiger partial charge on any atom is -0.379 e. The lowest BCUT2D eigenvalue weighted by Gasteiger charge is -2.25. The Morgan fingerprint density at radius 3 is 2.88 bits per heavy atom. The molecule has 1 amide bonds. The van der Waals surface area contributed by atoms with E-state index in [9.17, 15) is 9.00 Å². The van der Waals surface area contributed by atoms with Gasteiger partial charge in [-0.1, -0.05) is 6.92 Å². The third-order valence-corrected chi connectivity index (χ3v) is 4.28. The predicted molar refractivity (Wildman–Crippen MR) is 63.5 cm³/mol. The smallest absolute Gasteiger partial charge is 0.229 e. The zero-order valence-electron chi connectivity index (χ0n) is 9.82. The van der Waals surface area contributed by atoms with Crippen molar-refractivity contribution in [2.75, 3.05) is 31.3 Å². The molecule has 1 saturated heterocycles. The van der Waals surface area contributed by atoms with Gasteiger partial charge in [0, 0.05) is 34.9 Å². The van der Waals surface area contributed by atoms with Gasteiger partial charge in [0.25, 0.3) is 0 Å². The zero-order chi connectivity index (χ0) is 12.2. The first-order valence-electron chi connectivity index (χ1n) is 5.47. The van der Waals surface area contributed by atoms with Gasteiger partial charge in [-0.3, -0.25) is 9.00 Å². The van der Waals surface area contributed by atoms with Crippen molar-refractivity contribution in [3.63, 3.8) is 0 Å². The van der Waals surface area contributed by atoms with Crippen LogP contribution in [-0.2, 0) is 20.3 Å². The second-order valence-corrected chi connectivity index (χ2v) is 6.09. The molecule has 0 aromatic rings. The molecule has 3 N–H and O–H groups in total. The zero-order valence-corrected chi connectivity index (χ0v) is 10.6. The number of hydrogen-bond donors (Lipinski definition) is 2. The highest BCUT2D eigenvalue weighted by Gasteiger charge is 2.44. The van der Waals surface area contributed by atoms with E-state index in [2.05, 4.69) is 5.32 Å². The molecule has 0 aliphatic carbocycles. The van der Waals surface area contributed by atoms with E-state index >= 15 is 0 Å². The number of nitrogens with one attached hydrogen (secondary N) is 1. The predicted octanol–water partition coefficient (Wildman–Crippen LogP) is -0.765. The van der Waals surface area contributed by atoms with Gasteiger partial charge >= 0.3 is 0 Å². The third-order valence-electron chi connectivity index (χ3n) is 2.97. The van der Waals surface area contributed by atoms with Crippen molar-refractivity contribution in [1.29, 1.82) is 0 Å². The summed E-state index contributed by atoms with van der Waals surface area (Å²) in [5.74, 6) is 1.01. The molecule has 1 aliphatic rings. The molecule has 0 radical (unpaired) electrons. The maximum Gasteiger partial charge on any atom is 0.229 e. The molecule has 1 rings (SSSR count). The minimum atomic E-state index is -0.844. The van der Waals surface area contributed by atoms with E-state index in [0.29, 0.717) is 31.3 Å². The van der Waals surface area contributed by atoms with E-state index in [-0.39, 0.29) is 11.9 Å². The molecular formula is C10H20N2O3S. The van der Waals surface area contributed by atoms with Gasteiger partial charge in [-0.05, 0) is 6.92 Å². The number of ether oxygens (including phenoxy) is 1. The number of carbonyl (C=O) groups is 1. The molecule has 0 aromatic carbocycles. The average molecular weight is 248 g/mol. The van der Waals surface area contributed by atoms with Crippen molar-refractivity contribution >= 4 is 16.7 Å². The van der Waals surface area contributed by atoms with Crippen molar-refractivity contribution in [2.45, 2.75) is 19.9 Å². The maximum atomic E-state index is 11.9. The van der Waals surface area contributed by atoms with E-state index in [1.807, 2.05) is 6.92 Å². The van der Waals surface area contributed by atoms with Crippen LogP contribution < -0.4 is 11.1 Å². The van der Waals surface area contributed by atoms with E-state index in [1.54, 1.807) is 6.92 Å². The second-order valence-electron chi connectivity index (χ2n) is 4.23. The van der Waals surface area contributed by atoms with Gasteiger partial charge in [0.05, 0.1) is 18.6 Å². The number of rotatable bonds is 5.